The number of rotatable bonds is 4. The predicted molar refractivity (Wildman–Crippen MR) is 76.9 cm³/mol. The molecule has 2 aromatic rings. The maximum Gasteiger partial charge on any atom is 0.416 e. The SMILES string of the molecule is Cc1ccc([C@@H](O)CNC(=O)Nc2ccc(C(F)(F)F)cc2)o1. The van der Waals surface area contributed by atoms with Gasteiger partial charge in [-0.15, -0.1) is 0 Å². The molecule has 0 aliphatic rings. The van der Waals surface area contributed by atoms with Crippen LogP contribution in [0.4, 0.5) is 23.7 Å². The van der Waals surface area contributed by atoms with Gasteiger partial charge in [-0.3, -0.25) is 0 Å². The summed E-state index contributed by atoms with van der Waals surface area (Å²) in [6, 6.07) is 6.67. The lowest BCUT2D eigenvalue weighted by atomic mass is 10.2. The fourth-order valence-electron chi connectivity index (χ4n) is 1.84. The first-order valence-corrected chi connectivity index (χ1v) is 6.72. The Bertz CT molecular complexity index is 665. The second kappa shape index (κ2) is 6.74. The first-order valence-electron chi connectivity index (χ1n) is 6.72. The van der Waals surface area contributed by atoms with Crippen molar-refractivity contribution in [2.24, 2.45) is 0 Å². The van der Waals surface area contributed by atoms with E-state index >= 15 is 0 Å². The Morgan fingerprint density at radius 2 is 1.87 bits per heavy atom. The number of hydrogen-bond acceptors (Lipinski definition) is 3. The van der Waals surface area contributed by atoms with Crippen molar-refractivity contribution in [2.75, 3.05) is 11.9 Å². The minimum absolute atomic E-state index is 0.0978. The largest absolute Gasteiger partial charge is 0.464 e. The quantitative estimate of drug-likeness (QED) is 0.804. The Balaban J connectivity index is 1.85. The van der Waals surface area contributed by atoms with Gasteiger partial charge in [0.15, 0.2) is 0 Å². The zero-order valence-electron chi connectivity index (χ0n) is 12.1. The maximum absolute atomic E-state index is 12.4. The molecule has 2 rings (SSSR count). The number of halogens is 3. The topological polar surface area (TPSA) is 74.5 Å². The first kappa shape index (κ1) is 16.9. The third-order valence-corrected chi connectivity index (χ3v) is 3.02. The molecular weight excluding hydrogens is 313 g/mol. The van der Waals surface area contributed by atoms with E-state index in [9.17, 15) is 23.1 Å². The normalized spacial score (nSPS) is 12.7. The van der Waals surface area contributed by atoms with Crippen LogP contribution in [0.3, 0.4) is 0 Å². The van der Waals surface area contributed by atoms with Crippen molar-refractivity contribution in [2.45, 2.75) is 19.2 Å². The first-order chi connectivity index (χ1) is 10.8. The minimum atomic E-state index is -4.42. The van der Waals surface area contributed by atoms with Crippen LogP contribution in [0.5, 0.6) is 0 Å². The molecule has 5 nitrogen and oxygen atoms in total. The number of alkyl halides is 3. The van der Waals surface area contributed by atoms with Crippen molar-refractivity contribution in [3.8, 4) is 0 Å². The van der Waals surface area contributed by atoms with E-state index in [4.69, 9.17) is 4.42 Å². The zero-order valence-corrected chi connectivity index (χ0v) is 12.1. The third-order valence-electron chi connectivity index (χ3n) is 3.02. The average Bonchev–Trinajstić information content (AvgIpc) is 2.91. The monoisotopic (exact) mass is 328 g/mol. The Morgan fingerprint density at radius 3 is 2.39 bits per heavy atom. The Hall–Kier alpha value is -2.48. The van der Waals surface area contributed by atoms with E-state index in [2.05, 4.69) is 10.6 Å². The van der Waals surface area contributed by atoms with E-state index in [1.807, 2.05) is 0 Å². The van der Waals surface area contributed by atoms with E-state index in [1.165, 1.54) is 0 Å². The molecule has 1 atom stereocenters. The Kier molecular flexibility index (Phi) is 4.95. The van der Waals surface area contributed by atoms with Crippen molar-refractivity contribution in [1.29, 1.82) is 0 Å². The number of furan rings is 1. The van der Waals surface area contributed by atoms with Crippen molar-refractivity contribution in [3.05, 3.63) is 53.5 Å². The number of aliphatic hydroxyl groups is 1. The number of aliphatic hydroxyl groups excluding tert-OH is 1. The molecule has 0 radical (unpaired) electrons. The van der Waals surface area contributed by atoms with Crippen LogP contribution < -0.4 is 10.6 Å². The molecule has 124 valence electrons. The lowest BCUT2D eigenvalue weighted by molar-refractivity contribution is -0.137. The molecule has 3 N–H and O–H groups in total. The lowest BCUT2D eigenvalue weighted by Crippen LogP contribution is -2.32. The summed E-state index contributed by atoms with van der Waals surface area (Å²) in [5.41, 5.74) is -0.592. The lowest BCUT2D eigenvalue weighted by Gasteiger charge is -2.11. The number of urea groups is 1. The van der Waals surface area contributed by atoms with Crippen LogP contribution >= 0.6 is 0 Å². The number of nitrogens with one attached hydrogen (secondary N) is 2. The smallest absolute Gasteiger partial charge is 0.416 e. The van der Waals surface area contributed by atoms with Crippen molar-refractivity contribution >= 4 is 11.7 Å². The fourth-order valence-corrected chi connectivity index (χ4v) is 1.84. The summed E-state index contributed by atoms with van der Waals surface area (Å²) < 4.78 is 42.5. The fraction of sp³-hybridized carbons (Fsp3) is 0.267. The van der Waals surface area contributed by atoms with Crippen LogP contribution in [0.1, 0.15) is 23.2 Å². The number of benzene rings is 1. The van der Waals surface area contributed by atoms with E-state index in [1.54, 1.807) is 19.1 Å². The van der Waals surface area contributed by atoms with Gasteiger partial charge in [0.25, 0.3) is 0 Å². The zero-order chi connectivity index (χ0) is 17.0. The molecular formula is C15H15F3N2O3. The minimum Gasteiger partial charge on any atom is -0.464 e. The van der Waals surface area contributed by atoms with Gasteiger partial charge in [-0.1, -0.05) is 0 Å². The average molecular weight is 328 g/mol. The highest BCUT2D eigenvalue weighted by Crippen LogP contribution is 2.29. The predicted octanol–water partition coefficient (Wildman–Crippen LogP) is 3.46. The molecule has 8 heteroatoms. The number of carbonyl (C=O) groups excluding carboxylic acids is 1. The molecule has 1 heterocycles. The number of anilines is 1. The highest BCUT2D eigenvalue weighted by atomic mass is 19.4. The second-order valence-electron chi connectivity index (χ2n) is 4.87. The van der Waals surface area contributed by atoms with Crippen LogP contribution in [0.15, 0.2) is 40.8 Å². The molecule has 2 amide bonds. The van der Waals surface area contributed by atoms with Gasteiger partial charge in [-0.05, 0) is 43.3 Å². The summed E-state index contributed by atoms with van der Waals surface area (Å²) in [6.45, 7) is 1.63. The van der Waals surface area contributed by atoms with Gasteiger partial charge in [-0.25, -0.2) is 4.79 Å². The van der Waals surface area contributed by atoms with Crippen molar-refractivity contribution < 1.29 is 27.5 Å². The molecule has 0 fully saturated rings. The van der Waals surface area contributed by atoms with Crippen LogP contribution in [0, 0.1) is 6.92 Å². The van der Waals surface area contributed by atoms with Gasteiger partial charge in [0.1, 0.15) is 17.6 Å². The van der Waals surface area contributed by atoms with Gasteiger partial charge in [0.2, 0.25) is 0 Å². The molecule has 1 aromatic heterocycles. The van der Waals surface area contributed by atoms with Gasteiger partial charge >= 0.3 is 12.2 Å². The molecule has 0 bridgehead atoms. The number of amides is 2. The van der Waals surface area contributed by atoms with Gasteiger partial charge < -0.3 is 20.2 Å². The molecule has 23 heavy (non-hydrogen) atoms. The standard InChI is InChI=1S/C15H15F3N2O3/c1-9-2-7-13(23-9)12(21)8-19-14(22)20-11-5-3-10(4-6-11)15(16,17)18/h2-7,12,21H,8H2,1H3,(H2,19,20,22)/t12-/m0/s1. The van der Waals surface area contributed by atoms with E-state index in [-0.39, 0.29) is 12.2 Å². The molecule has 0 unspecified atom stereocenters. The van der Waals surface area contributed by atoms with Gasteiger partial charge in [0, 0.05) is 5.69 Å². The second-order valence-corrected chi connectivity index (χ2v) is 4.87. The number of hydrogen-bond donors (Lipinski definition) is 3. The Labute approximate surface area is 130 Å². The van der Waals surface area contributed by atoms with Crippen LogP contribution in [-0.2, 0) is 6.18 Å². The van der Waals surface area contributed by atoms with E-state index < -0.39 is 23.9 Å². The molecule has 0 spiro atoms. The number of carbonyl (C=O) groups is 1. The highest BCUT2D eigenvalue weighted by Gasteiger charge is 2.29. The summed E-state index contributed by atoms with van der Waals surface area (Å²) >= 11 is 0. The highest BCUT2D eigenvalue weighted by molar-refractivity contribution is 5.89. The molecule has 0 aliphatic carbocycles. The summed E-state index contributed by atoms with van der Waals surface area (Å²) in [4.78, 5) is 11.6. The molecule has 1 aromatic carbocycles. The number of aryl methyl sites for hydroxylation is 1. The summed E-state index contributed by atoms with van der Waals surface area (Å²) in [7, 11) is 0. The molecule has 0 aliphatic heterocycles. The van der Waals surface area contributed by atoms with Crippen LogP contribution in [0.25, 0.3) is 0 Å². The molecule has 0 saturated heterocycles. The third kappa shape index (κ3) is 4.75. The summed E-state index contributed by atoms with van der Waals surface area (Å²) in [5, 5.41) is 14.6. The molecule has 0 saturated carbocycles. The van der Waals surface area contributed by atoms with E-state index in [0.717, 1.165) is 24.3 Å². The summed E-state index contributed by atoms with van der Waals surface area (Å²) in [5.74, 6) is 0.950. The van der Waals surface area contributed by atoms with Crippen molar-refractivity contribution in [3.63, 3.8) is 0 Å². The Morgan fingerprint density at radius 1 is 1.22 bits per heavy atom. The summed E-state index contributed by atoms with van der Waals surface area (Å²) in [6.07, 6.45) is -5.44. The maximum atomic E-state index is 12.4. The van der Waals surface area contributed by atoms with Gasteiger partial charge in [0.05, 0.1) is 12.1 Å². The van der Waals surface area contributed by atoms with E-state index in [0.29, 0.717) is 11.5 Å². The van der Waals surface area contributed by atoms with Crippen molar-refractivity contribution in [1.82, 2.24) is 5.32 Å². The van der Waals surface area contributed by atoms with Crippen LogP contribution in [0.2, 0.25) is 0 Å². The van der Waals surface area contributed by atoms with Crippen LogP contribution in [-0.4, -0.2) is 17.7 Å². The van der Waals surface area contributed by atoms with Gasteiger partial charge in [-0.2, -0.15) is 13.2 Å².